The third-order valence-electron chi connectivity index (χ3n) is 3.03. The Labute approximate surface area is 102 Å². The van der Waals surface area contributed by atoms with E-state index in [2.05, 4.69) is 10.5 Å². The van der Waals surface area contributed by atoms with Crippen LogP contribution in [0.5, 0.6) is 0 Å². The SMILES string of the molecule is CCC(CN)C(=O)NC(C)c1c(C)noc1C. The van der Waals surface area contributed by atoms with Gasteiger partial charge in [-0.05, 0) is 27.2 Å². The van der Waals surface area contributed by atoms with Gasteiger partial charge >= 0.3 is 0 Å². The topological polar surface area (TPSA) is 81.2 Å². The number of amides is 1. The molecule has 0 spiro atoms. The summed E-state index contributed by atoms with van der Waals surface area (Å²) in [6, 6.07) is -0.102. The average molecular weight is 239 g/mol. The number of aryl methyl sites for hydroxylation is 2. The lowest BCUT2D eigenvalue weighted by Gasteiger charge is -2.18. The maximum atomic E-state index is 11.9. The zero-order valence-corrected chi connectivity index (χ0v) is 10.9. The van der Waals surface area contributed by atoms with Crippen molar-refractivity contribution in [2.45, 2.75) is 40.2 Å². The van der Waals surface area contributed by atoms with E-state index in [1.54, 1.807) is 0 Å². The van der Waals surface area contributed by atoms with Crippen LogP contribution in [-0.2, 0) is 4.79 Å². The molecule has 1 heterocycles. The third kappa shape index (κ3) is 3.06. The van der Waals surface area contributed by atoms with E-state index in [-0.39, 0.29) is 17.9 Å². The van der Waals surface area contributed by atoms with Gasteiger partial charge in [0, 0.05) is 18.0 Å². The molecular weight excluding hydrogens is 218 g/mol. The van der Waals surface area contributed by atoms with E-state index in [1.165, 1.54) is 0 Å². The van der Waals surface area contributed by atoms with Gasteiger partial charge in [-0.25, -0.2) is 0 Å². The molecule has 2 unspecified atom stereocenters. The molecule has 1 aromatic heterocycles. The molecule has 2 atom stereocenters. The molecule has 96 valence electrons. The first-order chi connectivity index (χ1) is 8.01. The van der Waals surface area contributed by atoms with Crippen LogP contribution >= 0.6 is 0 Å². The van der Waals surface area contributed by atoms with Crippen molar-refractivity contribution in [2.24, 2.45) is 11.7 Å². The van der Waals surface area contributed by atoms with E-state index in [4.69, 9.17) is 10.3 Å². The zero-order valence-electron chi connectivity index (χ0n) is 10.9. The van der Waals surface area contributed by atoms with E-state index in [9.17, 15) is 4.79 Å². The molecule has 1 rings (SSSR count). The summed E-state index contributed by atoms with van der Waals surface area (Å²) in [7, 11) is 0. The minimum Gasteiger partial charge on any atom is -0.361 e. The lowest BCUT2D eigenvalue weighted by molar-refractivity contribution is -0.125. The van der Waals surface area contributed by atoms with Crippen molar-refractivity contribution in [2.75, 3.05) is 6.54 Å². The number of rotatable bonds is 5. The molecule has 0 aliphatic carbocycles. The van der Waals surface area contributed by atoms with Gasteiger partial charge in [-0.15, -0.1) is 0 Å². The highest BCUT2D eigenvalue weighted by molar-refractivity contribution is 5.79. The average Bonchev–Trinajstić information content (AvgIpc) is 2.60. The number of hydrogen-bond acceptors (Lipinski definition) is 4. The van der Waals surface area contributed by atoms with E-state index in [0.717, 1.165) is 23.4 Å². The number of hydrogen-bond donors (Lipinski definition) is 2. The lowest BCUT2D eigenvalue weighted by Crippen LogP contribution is -2.36. The van der Waals surface area contributed by atoms with E-state index >= 15 is 0 Å². The molecule has 3 N–H and O–H groups in total. The van der Waals surface area contributed by atoms with Crippen LogP contribution in [0.1, 0.15) is 43.3 Å². The second kappa shape index (κ2) is 5.82. The van der Waals surface area contributed by atoms with E-state index in [1.807, 2.05) is 27.7 Å². The number of carbonyl (C=O) groups excluding carboxylic acids is 1. The van der Waals surface area contributed by atoms with Crippen LogP contribution in [-0.4, -0.2) is 17.6 Å². The Hall–Kier alpha value is -1.36. The van der Waals surface area contributed by atoms with Gasteiger partial charge in [0.25, 0.3) is 0 Å². The van der Waals surface area contributed by atoms with E-state index < -0.39 is 0 Å². The quantitative estimate of drug-likeness (QED) is 0.815. The van der Waals surface area contributed by atoms with Crippen molar-refractivity contribution < 1.29 is 9.32 Å². The van der Waals surface area contributed by atoms with Crippen molar-refractivity contribution in [3.63, 3.8) is 0 Å². The molecule has 0 fully saturated rings. The summed E-state index contributed by atoms with van der Waals surface area (Å²) >= 11 is 0. The molecular formula is C12H21N3O2. The second-order valence-electron chi connectivity index (χ2n) is 4.31. The van der Waals surface area contributed by atoms with Crippen LogP contribution in [0.2, 0.25) is 0 Å². The normalized spacial score (nSPS) is 14.4. The number of carbonyl (C=O) groups is 1. The minimum absolute atomic E-state index is 0.0116. The maximum Gasteiger partial charge on any atom is 0.224 e. The third-order valence-corrected chi connectivity index (χ3v) is 3.03. The van der Waals surface area contributed by atoms with Crippen molar-refractivity contribution >= 4 is 5.91 Å². The Morgan fingerprint density at radius 3 is 2.59 bits per heavy atom. The van der Waals surface area contributed by atoms with Crippen LogP contribution in [0.25, 0.3) is 0 Å². The lowest BCUT2D eigenvalue weighted by atomic mass is 10.0. The van der Waals surface area contributed by atoms with E-state index in [0.29, 0.717) is 6.54 Å². The summed E-state index contributed by atoms with van der Waals surface area (Å²) in [5, 5.41) is 6.83. The molecule has 5 nitrogen and oxygen atoms in total. The summed E-state index contributed by atoms with van der Waals surface area (Å²) in [5.41, 5.74) is 7.31. The number of nitrogens with zero attached hydrogens (tertiary/aromatic N) is 1. The van der Waals surface area contributed by atoms with Crippen molar-refractivity contribution in [3.8, 4) is 0 Å². The summed E-state index contributed by atoms with van der Waals surface area (Å²) in [5.74, 6) is 0.608. The molecule has 0 saturated carbocycles. The summed E-state index contributed by atoms with van der Waals surface area (Å²) in [6.45, 7) is 7.97. The molecule has 17 heavy (non-hydrogen) atoms. The smallest absolute Gasteiger partial charge is 0.224 e. The molecule has 0 aliphatic rings. The van der Waals surface area contributed by atoms with Gasteiger partial charge in [0.2, 0.25) is 5.91 Å². The van der Waals surface area contributed by atoms with Gasteiger partial charge in [-0.2, -0.15) is 0 Å². The molecule has 0 aliphatic heterocycles. The Morgan fingerprint density at radius 1 is 1.53 bits per heavy atom. The van der Waals surface area contributed by atoms with Gasteiger partial charge in [0.05, 0.1) is 11.7 Å². The second-order valence-corrected chi connectivity index (χ2v) is 4.31. The Morgan fingerprint density at radius 2 is 2.18 bits per heavy atom. The van der Waals surface area contributed by atoms with Crippen LogP contribution in [0, 0.1) is 19.8 Å². The largest absolute Gasteiger partial charge is 0.361 e. The van der Waals surface area contributed by atoms with Gasteiger partial charge < -0.3 is 15.6 Å². The predicted molar refractivity (Wildman–Crippen MR) is 65.4 cm³/mol. The van der Waals surface area contributed by atoms with Crippen LogP contribution in [0.15, 0.2) is 4.52 Å². The minimum atomic E-state index is -0.127. The van der Waals surface area contributed by atoms with Crippen molar-refractivity contribution in [3.05, 3.63) is 17.0 Å². The fourth-order valence-electron chi connectivity index (χ4n) is 1.97. The van der Waals surface area contributed by atoms with Gasteiger partial charge in [0.1, 0.15) is 5.76 Å². The van der Waals surface area contributed by atoms with Gasteiger partial charge in [0.15, 0.2) is 0 Å². The van der Waals surface area contributed by atoms with Crippen LogP contribution < -0.4 is 11.1 Å². The first-order valence-corrected chi connectivity index (χ1v) is 5.94. The number of nitrogens with one attached hydrogen (secondary N) is 1. The fraction of sp³-hybridized carbons (Fsp3) is 0.667. The maximum absolute atomic E-state index is 11.9. The number of nitrogens with two attached hydrogens (primary N) is 1. The van der Waals surface area contributed by atoms with Gasteiger partial charge in [-0.1, -0.05) is 12.1 Å². The standard InChI is InChI=1S/C12H21N3O2/c1-5-10(6-13)12(16)14-7(2)11-8(3)15-17-9(11)4/h7,10H,5-6,13H2,1-4H3,(H,14,16). The predicted octanol–water partition coefficient (Wildman–Crippen LogP) is 1.45. The molecule has 1 amide bonds. The Kier molecular flexibility index (Phi) is 4.69. The highest BCUT2D eigenvalue weighted by Crippen LogP contribution is 2.21. The first-order valence-electron chi connectivity index (χ1n) is 5.94. The van der Waals surface area contributed by atoms with Crippen LogP contribution in [0.3, 0.4) is 0 Å². The summed E-state index contributed by atoms with van der Waals surface area (Å²) in [6.07, 6.45) is 0.747. The monoisotopic (exact) mass is 239 g/mol. The molecule has 0 bridgehead atoms. The van der Waals surface area contributed by atoms with Crippen molar-refractivity contribution in [1.29, 1.82) is 0 Å². The van der Waals surface area contributed by atoms with Crippen molar-refractivity contribution in [1.82, 2.24) is 10.5 Å². The zero-order chi connectivity index (χ0) is 13.0. The fourth-order valence-corrected chi connectivity index (χ4v) is 1.97. The molecule has 5 heteroatoms. The summed E-state index contributed by atoms with van der Waals surface area (Å²) < 4.78 is 5.09. The Bertz CT molecular complexity index is 364. The highest BCUT2D eigenvalue weighted by Gasteiger charge is 2.21. The number of aromatic nitrogens is 1. The Balaban J connectivity index is 2.73. The molecule has 1 aromatic rings. The first kappa shape index (κ1) is 13.7. The van der Waals surface area contributed by atoms with Gasteiger partial charge in [-0.3, -0.25) is 4.79 Å². The molecule has 0 aromatic carbocycles. The van der Waals surface area contributed by atoms with Crippen LogP contribution in [0.4, 0.5) is 0 Å². The molecule has 0 saturated heterocycles. The summed E-state index contributed by atoms with van der Waals surface area (Å²) in [4.78, 5) is 11.9. The highest BCUT2D eigenvalue weighted by atomic mass is 16.5. The molecule has 0 radical (unpaired) electrons.